The second-order valence-corrected chi connectivity index (χ2v) is 12.6. The molecule has 6 rings (SSSR count). The molecule has 1 saturated carbocycles. The molecule has 1 saturated heterocycles. The van der Waals surface area contributed by atoms with Crippen LogP contribution in [0.4, 0.5) is 16.2 Å². The van der Waals surface area contributed by atoms with E-state index in [1.165, 1.54) is 43.4 Å². The maximum Gasteiger partial charge on any atom is 0.412 e. The van der Waals surface area contributed by atoms with E-state index in [0.29, 0.717) is 22.9 Å². The summed E-state index contributed by atoms with van der Waals surface area (Å²) in [7, 11) is 0. The molecule has 6 nitrogen and oxygen atoms in total. The molecule has 3 aromatic carbocycles. The first kappa shape index (κ1) is 28.0. The van der Waals surface area contributed by atoms with E-state index in [1.807, 2.05) is 81.6 Å². The van der Waals surface area contributed by atoms with Crippen molar-refractivity contribution in [2.75, 3.05) is 23.3 Å². The second kappa shape index (κ2) is 11.6. The standard InChI is InChI=1S/C36H39N3O3/c1-36(2,3)42-35(41)38-30-16-14-26(24-10-6-4-7-11-24)20-28(30)22-33(40)31-21-27-15-17-32(39-18-8-5-9-19-39)34(25-12-13-25)29(27)23-37-31/h4,6-7,10-11,14-17,20-21,23,25H,5,8-9,12-13,18-19,22H2,1-3H3,(H,38,41). The summed E-state index contributed by atoms with van der Waals surface area (Å²) in [5.41, 5.74) is 5.83. The number of hydrogen-bond donors (Lipinski definition) is 1. The molecule has 1 aliphatic carbocycles. The highest BCUT2D eigenvalue weighted by atomic mass is 16.6. The molecule has 0 unspecified atom stereocenters. The van der Waals surface area contributed by atoms with Crippen LogP contribution in [0.1, 0.15) is 80.4 Å². The summed E-state index contributed by atoms with van der Waals surface area (Å²) < 4.78 is 5.49. The number of carbonyl (C=O) groups is 2. The Hall–Kier alpha value is -4.19. The van der Waals surface area contributed by atoms with Crippen LogP contribution in [0.3, 0.4) is 0 Å². The number of anilines is 2. The van der Waals surface area contributed by atoms with Crippen molar-refractivity contribution >= 4 is 34.0 Å². The Morgan fingerprint density at radius 3 is 2.40 bits per heavy atom. The van der Waals surface area contributed by atoms with Gasteiger partial charge >= 0.3 is 6.09 Å². The van der Waals surface area contributed by atoms with E-state index in [4.69, 9.17) is 9.72 Å². The van der Waals surface area contributed by atoms with Crippen molar-refractivity contribution in [3.8, 4) is 11.1 Å². The maximum absolute atomic E-state index is 13.7. The Kier molecular flexibility index (Phi) is 7.72. The van der Waals surface area contributed by atoms with Crippen molar-refractivity contribution in [3.63, 3.8) is 0 Å². The summed E-state index contributed by atoms with van der Waals surface area (Å²) in [6.45, 7) is 7.69. The van der Waals surface area contributed by atoms with E-state index < -0.39 is 11.7 Å². The zero-order valence-corrected chi connectivity index (χ0v) is 24.8. The quantitative estimate of drug-likeness (QED) is 0.229. The number of rotatable bonds is 7. The van der Waals surface area contributed by atoms with E-state index in [0.717, 1.165) is 35.0 Å². The lowest BCUT2D eigenvalue weighted by molar-refractivity contribution is 0.0635. The molecule has 0 radical (unpaired) electrons. The van der Waals surface area contributed by atoms with E-state index in [9.17, 15) is 9.59 Å². The van der Waals surface area contributed by atoms with E-state index in [2.05, 4.69) is 22.3 Å². The normalized spacial score (nSPS) is 15.5. The van der Waals surface area contributed by atoms with Crippen LogP contribution in [0.5, 0.6) is 0 Å². The molecular formula is C36H39N3O3. The summed E-state index contributed by atoms with van der Waals surface area (Å²) in [6, 6.07) is 22.1. The number of fused-ring (bicyclic) bond motifs is 1. The fourth-order valence-corrected chi connectivity index (χ4v) is 5.94. The van der Waals surface area contributed by atoms with Crippen LogP contribution in [0.25, 0.3) is 21.9 Å². The number of aromatic nitrogens is 1. The summed E-state index contributed by atoms with van der Waals surface area (Å²) >= 11 is 0. The van der Waals surface area contributed by atoms with Gasteiger partial charge in [0.05, 0.1) is 0 Å². The third kappa shape index (κ3) is 6.33. The van der Waals surface area contributed by atoms with Gasteiger partial charge in [0.1, 0.15) is 11.3 Å². The number of hydrogen-bond acceptors (Lipinski definition) is 5. The molecule has 6 heteroatoms. The van der Waals surface area contributed by atoms with Crippen LogP contribution in [-0.4, -0.2) is 35.6 Å². The molecular weight excluding hydrogens is 522 g/mol. The van der Waals surface area contributed by atoms with Crippen molar-refractivity contribution in [1.82, 2.24) is 4.98 Å². The van der Waals surface area contributed by atoms with Crippen LogP contribution in [0.2, 0.25) is 0 Å². The van der Waals surface area contributed by atoms with Crippen LogP contribution >= 0.6 is 0 Å². The smallest absolute Gasteiger partial charge is 0.412 e. The fourth-order valence-electron chi connectivity index (χ4n) is 5.94. The zero-order valence-electron chi connectivity index (χ0n) is 24.8. The van der Waals surface area contributed by atoms with Gasteiger partial charge in [-0.05, 0) is 111 Å². The van der Waals surface area contributed by atoms with Crippen molar-refractivity contribution in [3.05, 3.63) is 89.7 Å². The van der Waals surface area contributed by atoms with Gasteiger partial charge in [-0.15, -0.1) is 0 Å². The van der Waals surface area contributed by atoms with Gasteiger partial charge in [-0.1, -0.05) is 42.5 Å². The molecule has 0 spiro atoms. The minimum atomic E-state index is -0.633. The SMILES string of the molecule is CC(C)(C)OC(=O)Nc1ccc(-c2ccccc2)cc1CC(=O)c1cc2ccc(N3CCCCC3)c(C3CC3)c2cn1. The highest BCUT2D eigenvalue weighted by Gasteiger charge is 2.30. The van der Waals surface area contributed by atoms with Gasteiger partial charge in [0.2, 0.25) is 0 Å². The first-order chi connectivity index (χ1) is 20.2. The third-order valence-corrected chi connectivity index (χ3v) is 8.09. The molecule has 2 heterocycles. The molecule has 1 N–H and O–H groups in total. The Bertz CT molecular complexity index is 1610. The van der Waals surface area contributed by atoms with Gasteiger partial charge in [-0.2, -0.15) is 0 Å². The number of carbonyl (C=O) groups excluding carboxylic acids is 2. The molecule has 42 heavy (non-hydrogen) atoms. The van der Waals surface area contributed by atoms with Crippen molar-refractivity contribution < 1.29 is 14.3 Å². The second-order valence-electron chi connectivity index (χ2n) is 12.6. The van der Waals surface area contributed by atoms with Crippen molar-refractivity contribution in [2.45, 2.75) is 70.8 Å². The lowest BCUT2D eigenvalue weighted by Gasteiger charge is -2.31. The molecule has 1 aromatic heterocycles. The summed E-state index contributed by atoms with van der Waals surface area (Å²) in [6.07, 6.45) is 7.67. The highest BCUT2D eigenvalue weighted by Crippen LogP contribution is 2.48. The number of benzene rings is 3. The Balaban J connectivity index is 1.31. The number of nitrogens with one attached hydrogen (secondary N) is 1. The number of amides is 1. The van der Waals surface area contributed by atoms with Gasteiger partial charge in [0.25, 0.3) is 0 Å². The van der Waals surface area contributed by atoms with E-state index in [-0.39, 0.29) is 12.2 Å². The average Bonchev–Trinajstić information content (AvgIpc) is 3.82. The molecule has 2 aliphatic rings. The Labute approximate surface area is 248 Å². The van der Waals surface area contributed by atoms with Crippen LogP contribution in [0.15, 0.2) is 72.9 Å². The van der Waals surface area contributed by atoms with Crippen LogP contribution in [-0.2, 0) is 11.2 Å². The lowest BCUT2D eigenvalue weighted by Crippen LogP contribution is -2.30. The van der Waals surface area contributed by atoms with Gasteiger partial charge in [-0.3, -0.25) is 15.1 Å². The molecule has 0 atom stereocenters. The minimum absolute atomic E-state index is 0.0950. The van der Waals surface area contributed by atoms with Crippen LogP contribution < -0.4 is 10.2 Å². The molecule has 1 aliphatic heterocycles. The number of pyridine rings is 1. The molecule has 216 valence electrons. The van der Waals surface area contributed by atoms with Crippen LogP contribution in [0, 0.1) is 0 Å². The number of nitrogens with zero attached hydrogens (tertiary/aromatic N) is 2. The fraction of sp³-hybridized carbons (Fsp3) is 0.361. The van der Waals surface area contributed by atoms with Gasteiger partial charge in [-0.25, -0.2) is 4.79 Å². The topological polar surface area (TPSA) is 71.5 Å². The molecule has 2 fully saturated rings. The summed E-state index contributed by atoms with van der Waals surface area (Å²) in [5, 5.41) is 5.08. The van der Waals surface area contributed by atoms with Crippen molar-refractivity contribution in [2.24, 2.45) is 0 Å². The first-order valence-electron chi connectivity index (χ1n) is 15.1. The van der Waals surface area contributed by atoms with Gasteiger partial charge < -0.3 is 9.64 Å². The monoisotopic (exact) mass is 561 g/mol. The van der Waals surface area contributed by atoms with Crippen molar-refractivity contribution in [1.29, 1.82) is 0 Å². The number of ketones is 1. The maximum atomic E-state index is 13.7. The number of ether oxygens (including phenoxy) is 1. The zero-order chi connectivity index (χ0) is 29.3. The lowest BCUT2D eigenvalue weighted by atomic mass is 9.96. The molecule has 4 aromatic rings. The predicted octanol–water partition coefficient (Wildman–Crippen LogP) is 8.54. The Morgan fingerprint density at radius 2 is 1.69 bits per heavy atom. The number of piperidine rings is 1. The third-order valence-electron chi connectivity index (χ3n) is 8.09. The molecule has 0 bridgehead atoms. The summed E-state index contributed by atoms with van der Waals surface area (Å²) in [4.78, 5) is 33.6. The first-order valence-corrected chi connectivity index (χ1v) is 15.1. The number of Topliss-reactive ketones (excluding diaryl/α,β-unsaturated/α-hetero) is 1. The van der Waals surface area contributed by atoms with E-state index in [1.54, 1.807) is 0 Å². The van der Waals surface area contributed by atoms with Gasteiger partial charge in [0, 0.05) is 42.5 Å². The summed E-state index contributed by atoms with van der Waals surface area (Å²) in [5.74, 6) is 0.485. The largest absolute Gasteiger partial charge is 0.444 e. The van der Waals surface area contributed by atoms with E-state index >= 15 is 0 Å². The highest BCUT2D eigenvalue weighted by molar-refractivity contribution is 6.01. The Morgan fingerprint density at radius 1 is 0.929 bits per heavy atom. The molecule has 1 amide bonds. The predicted molar refractivity (Wildman–Crippen MR) is 170 cm³/mol. The minimum Gasteiger partial charge on any atom is -0.444 e. The van der Waals surface area contributed by atoms with Gasteiger partial charge in [0.15, 0.2) is 5.78 Å². The average molecular weight is 562 g/mol.